The Balaban J connectivity index is 1.45. The Labute approximate surface area is 175 Å². The van der Waals surface area contributed by atoms with Crippen LogP contribution in [-0.4, -0.2) is 49.1 Å². The zero-order valence-electron chi connectivity index (χ0n) is 17.0. The normalized spacial score (nSPS) is 14.8. The summed E-state index contributed by atoms with van der Waals surface area (Å²) in [6.45, 7) is 5.81. The van der Waals surface area contributed by atoms with Crippen molar-refractivity contribution in [3.8, 4) is 16.3 Å². The number of rotatable bonds is 6. The van der Waals surface area contributed by atoms with Gasteiger partial charge in [-0.15, -0.1) is 11.3 Å². The third kappa shape index (κ3) is 4.60. The van der Waals surface area contributed by atoms with E-state index in [0.29, 0.717) is 11.4 Å². The topological polar surface area (TPSA) is 54.5 Å². The maximum Gasteiger partial charge on any atom is 0.263 e. The Morgan fingerprint density at radius 2 is 1.90 bits per heavy atom. The van der Waals surface area contributed by atoms with Crippen molar-refractivity contribution < 1.29 is 9.53 Å². The lowest BCUT2D eigenvalue weighted by molar-refractivity contribution is 0.0950. The summed E-state index contributed by atoms with van der Waals surface area (Å²) in [6, 6.07) is 12.3. The number of amides is 1. The van der Waals surface area contributed by atoms with Crippen molar-refractivity contribution in [2.45, 2.75) is 26.2 Å². The van der Waals surface area contributed by atoms with Gasteiger partial charge in [-0.3, -0.25) is 4.79 Å². The number of hydrogen-bond acceptors (Lipinski definition) is 5. The number of hydrogen-bond donors (Lipinski definition) is 1. The molecule has 2 heterocycles. The fraction of sp³-hybridized carbons (Fsp3) is 0.391. The minimum absolute atomic E-state index is 0.0196. The molecule has 0 radical (unpaired) electrons. The van der Waals surface area contributed by atoms with Crippen LogP contribution in [0.5, 0.6) is 5.75 Å². The molecule has 1 fully saturated rings. The van der Waals surface area contributed by atoms with Gasteiger partial charge in [0.2, 0.25) is 0 Å². The maximum absolute atomic E-state index is 12.7. The van der Waals surface area contributed by atoms with Crippen molar-refractivity contribution >= 4 is 28.0 Å². The monoisotopic (exact) mass is 409 g/mol. The van der Waals surface area contributed by atoms with Crippen LogP contribution < -0.4 is 10.1 Å². The van der Waals surface area contributed by atoms with E-state index in [0.717, 1.165) is 52.4 Å². The number of thiazole rings is 1. The highest BCUT2D eigenvalue weighted by Crippen LogP contribution is 2.31. The number of methoxy groups -OCH3 is 1. The molecule has 152 valence electrons. The van der Waals surface area contributed by atoms with Gasteiger partial charge in [-0.2, -0.15) is 0 Å². The van der Waals surface area contributed by atoms with E-state index in [1.165, 1.54) is 30.6 Å². The van der Waals surface area contributed by atoms with Gasteiger partial charge in [-0.05, 0) is 61.8 Å². The van der Waals surface area contributed by atoms with Gasteiger partial charge in [0.15, 0.2) is 0 Å². The molecule has 0 bridgehead atoms. The summed E-state index contributed by atoms with van der Waals surface area (Å²) in [5, 5.41) is 6.20. The molecule has 1 N–H and O–H groups in total. The smallest absolute Gasteiger partial charge is 0.263 e. The van der Waals surface area contributed by atoms with Crippen LogP contribution in [-0.2, 0) is 0 Å². The number of nitrogens with one attached hydrogen (secondary N) is 1. The molecule has 5 nitrogen and oxygen atoms in total. The zero-order chi connectivity index (χ0) is 20.2. The van der Waals surface area contributed by atoms with Crippen molar-refractivity contribution in [3.63, 3.8) is 0 Å². The van der Waals surface area contributed by atoms with Gasteiger partial charge >= 0.3 is 0 Å². The van der Waals surface area contributed by atoms with Crippen LogP contribution in [0.4, 0.5) is 0 Å². The van der Waals surface area contributed by atoms with E-state index in [9.17, 15) is 4.79 Å². The van der Waals surface area contributed by atoms with E-state index >= 15 is 0 Å². The van der Waals surface area contributed by atoms with E-state index in [2.05, 4.69) is 33.4 Å². The molecule has 29 heavy (non-hydrogen) atoms. The van der Waals surface area contributed by atoms with Crippen LogP contribution in [0.25, 0.3) is 21.3 Å². The number of ether oxygens (including phenoxy) is 1. The van der Waals surface area contributed by atoms with Crippen molar-refractivity contribution in [1.82, 2.24) is 15.2 Å². The molecule has 0 atom stereocenters. The third-order valence-corrected chi connectivity index (χ3v) is 6.66. The number of aryl methyl sites for hydroxylation is 1. The fourth-order valence-electron chi connectivity index (χ4n) is 3.81. The lowest BCUT2D eigenvalue weighted by atomic mass is 10.1. The average Bonchev–Trinajstić information content (AvgIpc) is 3.15. The number of benzene rings is 2. The zero-order valence-corrected chi connectivity index (χ0v) is 17.8. The highest BCUT2D eigenvalue weighted by molar-refractivity contribution is 7.17. The molecule has 2 aromatic carbocycles. The van der Waals surface area contributed by atoms with Crippen LogP contribution >= 0.6 is 11.3 Å². The van der Waals surface area contributed by atoms with Crippen molar-refractivity contribution in [2.75, 3.05) is 33.3 Å². The molecule has 0 aliphatic carbocycles. The number of likely N-dealkylation sites (tertiary alicyclic amines) is 1. The predicted octanol–water partition coefficient (Wildman–Crippen LogP) is 4.50. The molecule has 0 spiro atoms. The summed E-state index contributed by atoms with van der Waals surface area (Å²) in [5.41, 5.74) is 1.82. The van der Waals surface area contributed by atoms with Gasteiger partial charge in [-0.1, -0.05) is 24.6 Å². The van der Waals surface area contributed by atoms with Crippen LogP contribution in [0, 0.1) is 6.92 Å². The minimum atomic E-state index is -0.0196. The number of fused-ring (bicyclic) bond motifs is 1. The highest BCUT2D eigenvalue weighted by Gasteiger charge is 2.17. The van der Waals surface area contributed by atoms with Crippen LogP contribution in [0.3, 0.4) is 0 Å². The van der Waals surface area contributed by atoms with Crippen molar-refractivity contribution in [3.05, 3.63) is 47.0 Å². The van der Waals surface area contributed by atoms with Gasteiger partial charge in [0.05, 0.1) is 12.8 Å². The lowest BCUT2D eigenvalue weighted by Gasteiger charge is -2.26. The summed E-state index contributed by atoms with van der Waals surface area (Å²) < 4.78 is 5.30. The number of aromatic nitrogens is 1. The molecule has 1 amide bonds. The second-order valence-corrected chi connectivity index (χ2v) is 8.52. The number of carbonyl (C=O) groups excluding carboxylic acids is 1. The largest absolute Gasteiger partial charge is 0.497 e. The van der Waals surface area contributed by atoms with Crippen molar-refractivity contribution in [1.29, 1.82) is 0 Å². The van der Waals surface area contributed by atoms with E-state index < -0.39 is 0 Å². The quantitative estimate of drug-likeness (QED) is 0.651. The standard InChI is InChI=1S/C23H27N3O2S/c1-16-21(22(27)24-10-13-26-11-4-3-5-12-26)29-23(25-16)19-7-6-18-15-20(28-2)9-8-17(18)14-19/h6-9,14-15H,3-5,10-13H2,1-2H3,(H,24,27). The molecule has 1 aromatic heterocycles. The molecule has 3 aromatic rings. The second-order valence-electron chi connectivity index (χ2n) is 7.52. The van der Waals surface area contributed by atoms with E-state index in [1.807, 2.05) is 25.1 Å². The molecular weight excluding hydrogens is 382 g/mol. The van der Waals surface area contributed by atoms with Crippen LogP contribution in [0.2, 0.25) is 0 Å². The van der Waals surface area contributed by atoms with Gasteiger partial charge in [0.25, 0.3) is 5.91 Å². The predicted molar refractivity (Wildman–Crippen MR) is 119 cm³/mol. The molecule has 1 aliphatic heterocycles. The van der Waals surface area contributed by atoms with Gasteiger partial charge in [-0.25, -0.2) is 4.98 Å². The van der Waals surface area contributed by atoms with Crippen LogP contribution in [0.15, 0.2) is 36.4 Å². The van der Waals surface area contributed by atoms with Crippen molar-refractivity contribution in [2.24, 2.45) is 0 Å². The van der Waals surface area contributed by atoms with E-state index in [1.54, 1.807) is 7.11 Å². The Morgan fingerprint density at radius 3 is 2.69 bits per heavy atom. The van der Waals surface area contributed by atoms with Gasteiger partial charge in [0, 0.05) is 18.7 Å². The second kappa shape index (κ2) is 8.93. The fourth-order valence-corrected chi connectivity index (χ4v) is 4.78. The van der Waals surface area contributed by atoms with E-state index in [4.69, 9.17) is 4.74 Å². The molecular formula is C23H27N3O2S. The SMILES string of the molecule is COc1ccc2cc(-c3nc(C)c(C(=O)NCCN4CCCCC4)s3)ccc2c1. The molecule has 1 aliphatic rings. The Bertz CT molecular complexity index is 1010. The third-order valence-electron chi connectivity index (χ3n) is 5.46. The molecule has 4 rings (SSSR count). The molecule has 1 saturated heterocycles. The summed E-state index contributed by atoms with van der Waals surface area (Å²) in [4.78, 5) is 20.5. The number of carbonyl (C=O) groups is 1. The first-order valence-electron chi connectivity index (χ1n) is 10.2. The van der Waals surface area contributed by atoms with Crippen LogP contribution in [0.1, 0.15) is 34.6 Å². The maximum atomic E-state index is 12.7. The van der Waals surface area contributed by atoms with E-state index in [-0.39, 0.29) is 5.91 Å². The Morgan fingerprint density at radius 1 is 1.14 bits per heavy atom. The molecule has 0 saturated carbocycles. The van der Waals surface area contributed by atoms with Gasteiger partial charge in [0.1, 0.15) is 15.6 Å². The van der Waals surface area contributed by atoms with Gasteiger partial charge < -0.3 is 15.0 Å². The summed E-state index contributed by atoms with van der Waals surface area (Å²) in [5.74, 6) is 0.827. The molecule has 6 heteroatoms. The summed E-state index contributed by atoms with van der Waals surface area (Å²) >= 11 is 1.46. The number of nitrogens with zero attached hydrogens (tertiary/aromatic N) is 2. The first kappa shape index (κ1) is 19.9. The Kier molecular flexibility index (Phi) is 6.11. The summed E-state index contributed by atoms with van der Waals surface area (Å²) in [6.07, 6.45) is 3.86. The Hall–Kier alpha value is -2.44. The summed E-state index contributed by atoms with van der Waals surface area (Å²) in [7, 11) is 1.67. The highest BCUT2D eigenvalue weighted by atomic mass is 32.1. The first-order valence-corrected chi connectivity index (χ1v) is 11.0. The molecule has 0 unspecified atom stereocenters. The number of piperidine rings is 1. The first-order chi connectivity index (χ1) is 14.1. The minimum Gasteiger partial charge on any atom is -0.497 e. The lowest BCUT2D eigenvalue weighted by Crippen LogP contribution is -2.37. The average molecular weight is 410 g/mol.